The van der Waals surface area contributed by atoms with E-state index in [1.165, 1.54) is 5.39 Å². The second-order valence-electron chi connectivity index (χ2n) is 5.05. The number of rotatable bonds is 9. The van der Waals surface area contributed by atoms with Crippen LogP contribution in [0, 0.1) is 11.3 Å². The second kappa shape index (κ2) is 8.46. The highest BCUT2D eigenvalue weighted by Gasteiger charge is 2.02. The van der Waals surface area contributed by atoms with Gasteiger partial charge in [0.1, 0.15) is 0 Å². The molecule has 1 aromatic carbocycles. The van der Waals surface area contributed by atoms with Gasteiger partial charge in [-0.15, -0.1) is 0 Å². The summed E-state index contributed by atoms with van der Waals surface area (Å²) in [6.07, 6.45) is 4.34. The van der Waals surface area contributed by atoms with Crippen LogP contribution < -0.4 is 5.32 Å². The Labute approximate surface area is 126 Å². The first kappa shape index (κ1) is 15.6. The van der Waals surface area contributed by atoms with Crippen LogP contribution in [0.5, 0.6) is 0 Å². The van der Waals surface area contributed by atoms with Crippen LogP contribution in [-0.2, 0) is 11.3 Å². The van der Waals surface area contributed by atoms with E-state index in [1.807, 2.05) is 25.1 Å². The highest BCUT2D eigenvalue weighted by Crippen LogP contribution is 2.17. The molecule has 112 valence electrons. The van der Waals surface area contributed by atoms with Gasteiger partial charge in [0.25, 0.3) is 0 Å². The van der Waals surface area contributed by atoms with Gasteiger partial charge in [-0.05, 0) is 49.9 Å². The molecule has 0 spiro atoms. The summed E-state index contributed by atoms with van der Waals surface area (Å²) in [7, 11) is 0. The molecular weight excluding hydrogens is 262 g/mol. The van der Waals surface area contributed by atoms with Crippen molar-refractivity contribution in [2.75, 3.05) is 26.3 Å². The molecule has 0 aliphatic carbocycles. The molecule has 1 aromatic heterocycles. The van der Waals surface area contributed by atoms with E-state index in [2.05, 4.69) is 28.2 Å². The van der Waals surface area contributed by atoms with Crippen molar-refractivity contribution in [1.82, 2.24) is 9.88 Å². The van der Waals surface area contributed by atoms with Crippen molar-refractivity contribution in [3.8, 4) is 6.07 Å². The standard InChI is InChI=1S/C17H23N3O/c1-2-21-12-4-3-8-19-9-11-20-10-7-16-6-5-15(14-18)13-17(16)20/h5-7,10,13,19H,2-4,8-9,11-12H2,1H3. The fraction of sp³-hybridized carbons (Fsp3) is 0.471. The molecule has 0 unspecified atom stereocenters. The normalized spacial score (nSPS) is 10.9. The van der Waals surface area contributed by atoms with Crippen LogP contribution in [0.3, 0.4) is 0 Å². The monoisotopic (exact) mass is 285 g/mol. The number of hydrogen-bond acceptors (Lipinski definition) is 3. The Morgan fingerprint density at radius 3 is 2.95 bits per heavy atom. The molecule has 0 atom stereocenters. The van der Waals surface area contributed by atoms with Crippen molar-refractivity contribution in [3.05, 3.63) is 36.0 Å². The average Bonchev–Trinajstić information content (AvgIpc) is 2.92. The molecule has 1 heterocycles. The number of nitrogens with one attached hydrogen (secondary N) is 1. The van der Waals surface area contributed by atoms with Crippen LogP contribution in [0.2, 0.25) is 0 Å². The zero-order valence-corrected chi connectivity index (χ0v) is 12.6. The van der Waals surface area contributed by atoms with Crippen molar-refractivity contribution in [3.63, 3.8) is 0 Å². The lowest BCUT2D eigenvalue weighted by molar-refractivity contribution is 0.143. The van der Waals surface area contributed by atoms with E-state index in [-0.39, 0.29) is 0 Å². The minimum atomic E-state index is 0.714. The topological polar surface area (TPSA) is 50.0 Å². The van der Waals surface area contributed by atoms with Gasteiger partial charge in [0, 0.05) is 38.0 Å². The Kier molecular flexibility index (Phi) is 6.26. The van der Waals surface area contributed by atoms with Crippen molar-refractivity contribution in [2.45, 2.75) is 26.3 Å². The van der Waals surface area contributed by atoms with Crippen LogP contribution in [0.25, 0.3) is 10.9 Å². The third-order valence-electron chi connectivity index (χ3n) is 3.53. The van der Waals surface area contributed by atoms with Crippen molar-refractivity contribution in [2.24, 2.45) is 0 Å². The molecule has 0 aliphatic heterocycles. The van der Waals surface area contributed by atoms with Gasteiger partial charge in [0.05, 0.1) is 11.6 Å². The first-order chi connectivity index (χ1) is 10.3. The maximum absolute atomic E-state index is 8.98. The number of unbranched alkanes of at least 4 members (excludes halogenated alkanes) is 1. The predicted octanol–water partition coefficient (Wildman–Crippen LogP) is 2.92. The maximum Gasteiger partial charge on any atom is 0.0992 e. The summed E-state index contributed by atoms with van der Waals surface area (Å²) in [5.41, 5.74) is 1.85. The molecule has 2 aromatic rings. The Balaban J connectivity index is 1.75. The van der Waals surface area contributed by atoms with E-state index in [0.717, 1.165) is 51.2 Å². The molecule has 0 radical (unpaired) electrons. The number of ether oxygens (including phenoxy) is 1. The molecular formula is C17H23N3O. The SMILES string of the molecule is CCOCCCCNCCn1ccc2ccc(C#N)cc21. The van der Waals surface area contributed by atoms with E-state index in [1.54, 1.807) is 0 Å². The zero-order valence-electron chi connectivity index (χ0n) is 12.6. The van der Waals surface area contributed by atoms with Crippen LogP contribution in [0.1, 0.15) is 25.3 Å². The molecule has 0 aliphatic rings. The Morgan fingerprint density at radius 1 is 1.24 bits per heavy atom. The fourth-order valence-corrected chi connectivity index (χ4v) is 2.37. The van der Waals surface area contributed by atoms with E-state index in [9.17, 15) is 0 Å². The van der Waals surface area contributed by atoms with Gasteiger partial charge in [0.2, 0.25) is 0 Å². The van der Waals surface area contributed by atoms with Gasteiger partial charge in [-0.2, -0.15) is 5.26 Å². The van der Waals surface area contributed by atoms with Crippen LogP contribution in [0.15, 0.2) is 30.5 Å². The van der Waals surface area contributed by atoms with Gasteiger partial charge in [-0.3, -0.25) is 0 Å². The minimum absolute atomic E-state index is 0.714. The van der Waals surface area contributed by atoms with E-state index in [4.69, 9.17) is 10.00 Å². The minimum Gasteiger partial charge on any atom is -0.382 e. The molecule has 21 heavy (non-hydrogen) atoms. The number of nitrogens with zero attached hydrogens (tertiary/aromatic N) is 2. The first-order valence-corrected chi connectivity index (χ1v) is 7.62. The van der Waals surface area contributed by atoms with Crippen molar-refractivity contribution in [1.29, 1.82) is 5.26 Å². The van der Waals surface area contributed by atoms with Gasteiger partial charge < -0.3 is 14.6 Å². The summed E-state index contributed by atoms with van der Waals surface area (Å²) in [6.45, 7) is 6.57. The highest BCUT2D eigenvalue weighted by atomic mass is 16.5. The van der Waals surface area contributed by atoms with Crippen molar-refractivity contribution >= 4 is 10.9 Å². The summed E-state index contributed by atoms with van der Waals surface area (Å²) in [6, 6.07) is 10.1. The van der Waals surface area contributed by atoms with Crippen LogP contribution in [0.4, 0.5) is 0 Å². The summed E-state index contributed by atoms with van der Waals surface area (Å²) in [5, 5.41) is 13.6. The Bertz CT molecular complexity index is 598. The number of benzene rings is 1. The molecule has 0 amide bonds. The molecule has 4 nitrogen and oxygen atoms in total. The van der Waals surface area contributed by atoms with E-state index >= 15 is 0 Å². The number of aromatic nitrogens is 1. The highest BCUT2D eigenvalue weighted by molar-refractivity contribution is 5.81. The third kappa shape index (κ3) is 4.59. The first-order valence-electron chi connectivity index (χ1n) is 7.62. The Hall–Kier alpha value is -1.83. The molecule has 4 heteroatoms. The largest absolute Gasteiger partial charge is 0.382 e. The quantitative estimate of drug-likeness (QED) is 0.721. The Morgan fingerprint density at radius 2 is 2.14 bits per heavy atom. The molecule has 0 bridgehead atoms. The molecule has 0 fully saturated rings. The van der Waals surface area contributed by atoms with Gasteiger partial charge in [0.15, 0.2) is 0 Å². The number of nitriles is 1. The van der Waals surface area contributed by atoms with E-state index < -0.39 is 0 Å². The lowest BCUT2D eigenvalue weighted by Gasteiger charge is -2.08. The summed E-state index contributed by atoms with van der Waals surface area (Å²) >= 11 is 0. The molecule has 0 saturated heterocycles. The number of fused-ring (bicyclic) bond motifs is 1. The van der Waals surface area contributed by atoms with Gasteiger partial charge in [-0.25, -0.2) is 0 Å². The molecule has 2 rings (SSSR count). The smallest absolute Gasteiger partial charge is 0.0992 e. The summed E-state index contributed by atoms with van der Waals surface area (Å²) < 4.78 is 7.51. The van der Waals surface area contributed by atoms with Gasteiger partial charge in [-0.1, -0.05) is 6.07 Å². The zero-order chi connectivity index (χ0) is 14.9. The molecule has 1 N–H and O–H groups in total. The summed E-state index contributed by atoms with van der Waals surface area (Å²) in [4.78, 5) is 0. The average molecular weight is 285 g/mol. The maximum atomic E-state index is 8.98. The van der Waals surface area contributed by atoms with E-state index in [0.29, 0.717) is 5.56 Å². The third-order valence-corrected chi connectivity index (χ3v) is 3.53. The lowest BCUT2D eigenvalue weighted by Crippen LogP contribution is -2.21. The van der Waals surface area contributed by atoms with Gasteiger partial charge >= 0.3 is 0 Å². The molecule has 0 saturated carbocycles. The van der Waals surface area contributed by atoms with Crippen molar-refractivity contribution < 1.29 is 4.74 Å². The summed E-state index contributed by atoms with van der Waals surface area (Å²) in [5.74, 6) is 0. The predicted molar refractivity (Wildman–Crippen MR) is 85.2 cm³/mol. The van der Waals surface area contributed by atoms with Crippen LogP contribution >= 0.6 is 0 Å². The van der Waals surface area contributed by atoms with Crippen LogP contribution in [-0.4, -0.2) is 30.9 Å². The second-order valence-corrected chi connectivity index (χ2v) is 5.05. The fourth-order valence-electron chi connectivity index (χ4n) is 2.37. The lowest BCUT2D eigenvalue weighted by atomic mass is 10.2. The number of hydrogen-bond donors (Lipinski definition) is 1.